The number of benzene rings is 1. The lowest BCUT2D eigenvalue weighted by Gasteiger charge is -2.47. The molecule has 19 heteroatoms. The highest BCUT2D eigenvalue weighted by atomic mass is 16.2. The molecule has 0 bridgehead atoms. The second-order valence-corrected chi connectivity index (χ2v) is 52.0. The summed E-state index contributed by atoms with van der Waals surface area (Å²) in [6.07, 6.45) is 21.2. The van der Waals surface area contributed by atoms with Gasteiger partial charge < -0.3 is 39.2 Å². The minimum absolute atomic E-state index is 0.131. The molecule has 790 valence electrons. The Morgan fingerprint density at radius 1 is 0.348 bits per heavy atom. The minimum Gasteiger partial charge on any atom is -0.371 e. The van der Waals surface area contributed by atoms with Crippen molar-refractivity contribution in [2.75, 3.05) is 134 Å². The maximum absolute atomic E-state index is 12.0. The predicted octanol–water partition coefficient (Wildman–Crippen LogP) is 28.2. The zero-order chi connectivity index (χ0) is 106. The molecule has 13 heterocycles. The fraction of sp³-hybridized carbons (Fsp3) is 0.746. The van der Waals surface area contributed by atoms with Crippen molar-refractivity contribution in [1.82, 2.24) is 49.9 Å². The van der Waals surface area contributed by atoms with Gasteiger partial charge >= 0.3 is 0 Å². The quantitative estimate of drug-likeness (QED) is 0.0838. The molecule has 1 aromatic carbocycles. The van der Waals surface area contributed by atoms with Crippen LogP contribution in [0.5, 0.6) is 0 Å². The molecule has 141 heavy (non-hydrogen) atoms. The van der Waals surface area contributed by atoms with E-state index in [9.17, 15) is 9.59 Å². The highest BCUT2D eigenvalue weighted by molar-refractivity contribution is 5.78. The summed E-state index contributed by atoms with van der Waals surface area (Å²) in [7, 11) is 0. The van der Waals surface area contributed by atoms with E-state index < -0.39 is 0 Å². The van der Waals surface area contributed by atoms with Crippen LogP contribution in [0.25, 0.3) is 0 Å². The number of rotatable bonds is 17. The molecule has 8 fully saturated rings. The predicted molar refractivity (Wildman–Crippen MR) is 600 cm³/mol. The Balaban J connectivity index is 0.000000219. The number of nitriles is 1. The molecule has 0 spiro atoms. The Morgan fingerprint density at radius 2 is 0.681 bits per heavy atom. The first kappa shape index (κ1) is 120. The number of anilines is 6. The van der Waals surface area contributed by atoms with E-state index in [0.717, 1.165) is 233 Å². The fourth-order valence-electron chi connectivity index (χ4n) is 26.7. The van der Waals surface area contributed by atoms with Crippen LogP contribution >= 0.6 is 0 Å². The van der Waals surface area contributed by atoms with Crippen LogP contribution in [0.3, 0.4) is 0 Å². The summed E-state index contributed by atoms with van der Waals surface area (Å²) in [4.78, 5) is 69.1. The zero-order valence-electron chi connectivity index (χ0n) is 97.4. The number of likely N-dealkylation sites (tertiary alicyclic amines) is 2. The SMILES string of the molecule is CC(C)C(=O)N1CCC(C(C)C)C(C)(C)C1.CCC(=O)N1CCC(C(C)C)C(C)(C)C1.CCC1CN(c2ccc(C)cn2)CCC1C(C)C.Cc1ccc(N2CCC(C(C)C)C(C)(C)C2)cc1.Cc1ccc(N2CCC(C(C)C)C(C)(C)C2)nc1.Cc1ccc(N2CCC(C(C)C)C(C)(C)C2)nn1.Cc1cnc(N2CCC(C(C)C)C(C)(C)C2)nc1.Cc1nc(N2CCC(C(C)C)C(C)(C)C2)ncc1C#N. The van der Waals surface area contributed by atoms with Gasteiger partial charge in [0.1, 0.15) is 17.7 Å². The van der Waals surface area contributed by atoms with Gasteiger partial charge in [0.2, 0.25) is 23.7 Å². The summed E-state index contributed by atoms with van der Waals surface area (Å²) in [5, 5.41) is 17.4. The number of aromatic nitrogens is 8. The van der Waals surface area contributed by atoms with Crippen LogP contribution in [0.4, 0.5) is 35.0 Å². The van der Waals surface area contributed by atoms with Crippen LogP contribution in [0, 0.1) is 197 Å². The van der Waals surface area contributed by atoms with Crippen molar-refractivity contribution in [3.05, 3.63) is 131 Å². The highest BCUT2D eigenvalue weighted by Crippen LogP contribution is 2.48. The van der Waals surface area contributed by atoms with Crippen molar-refractivity contribution in [3.63, 3.8) is 0 Å². The third-order valence-corrected chi connectivity index (χ3v) is 33.8. The lowest BCUT2D eigenvalue weighted by atomic mass is 9.68. The number of amides is 2. The van der Waals surface area contributed by atoms with E-state index in [1.807, 2.05) is 77.3 Å². The van der Waals surface area contributed by atoms with Crippen LogP contribution in [0.15, 0.2) is 91.6 Å². The summed E-state index contributed by atoms with van der Waals surface area (Å²) >= 11 is 0. The van der Waals surface area contributed by atoms with Gasteiger partial charge in [-0.25, -0.2) is 29.9 Å². The number of carbonyl (C=O) groups excluding carboxylic acids is 2. The number of carbonyl (C=O) groups is 2. The van der Waals surface area contributed by atoms with Crippen molar-refractivity contribution < 1.29 is 9.59 Å². The Labute approximate surface area is 863 Å². The van der Waals surface area contributed by atoms with Gasteiger partial charge in [0.05, 0.1) is 23.1 Å². The summed E-state index contributed by atoms with van der Waals surface area (Å²) in [5.41, 5.74) is 10.9. The monoisotopic (exact) mass is 1940 g/mol. The Hall–Kier alpha value is -8.01. The summed E-state index contributed by atoms with van der Waals surface area (Å²) in [6.45, 7) is 108. The molecule has 0 N–H and O–H groups in total. The lowest BCUT2D eigenvalue weighted by molar-refractivity contribution is -0.139. The molecule has 8 saturated heterocycles. The normalized spacial score (nSPS) is 23.8. The van der Waals surface area contributed by atoms with Gasteiger partial charge in [0.15, 0.2) is 5.82 Å². The maximum Gasteiger partial charge on any atom is 0.225 e. The van der Waals surface area contributed by atoms with Gasteiger partial charge in [-0.1, -0.05) is 272 Å². The van der Waals surface area contributed by atoms with Crippen LogP contribution in [0.1, 0.15) is 339 Å². The molecule has 0 radical (unpaired) electrons. The van der Waals surface area contributed by atoms with Crippen molar-refractivity contribution in [2.45, 2.75) is 341 Å². The summed E-state index contributed by atoms with van der Waals surface area (Å²) in [5.74, 6) is 18.9. The third-order valence-electron chi connectivity index (χ3n) is 33.8. The molecular weight excluding hydrogens is 1740 g/mol. The molecule has 6 aromatic rings. The first-order valence-corrected chi connectivity index (χ1v) is 55.5. The first-order chi connectivity index (χ1) is 65.7. The van der Waals surface area contributed by atoms with E-state index in [4.69, 9.17) is 5.26 Å². The molecule has 9 unspecified atom stereocenters. The van der Waals surface area contributed by atoms with Crippen LogP contribution in [-0.4, -0.2) is 166 Å². The number of pyridine rings is 2. The second kappa shape index (κ2) is 52.9. The summed E-state index contributed by atoms with van der Waals surface area (Å²) in [6, 6.07) is 23.9. The maximum atomic E-state index is 12.0. The van der Waals surface area contributed by atoms with E-state index in [2.05, 4.69) is 370 Å². The highest BCUT2D eigenvalue weighted by Gasteiger charge is 2.46. The van der Waals surface area contributed by atoms with Crippen molar-refractivity contribution in [2.24, 2.45) is 144 Å². The van der Waals surface area contributed by atoms with E-state index in [0.29, 0.717) is 57.3 Å². The second-order valence-electron chi connectivity index (χ2n) is 52.0. The fourth-order valence-corrected chi connectivity index (χ4v) is 26.7. The van der Waals surface area contributed by atoms with E-state index in [-0.39, 0.29) is 22.2 Å². The Kier molecular flexibility index (Phi) is 45.0. The topological polar surface area (TPSA) is 187 Å². The molecule has 8 aliphatic rings. The van der Waals surface area contributed by atoms with E-state index >= 15 is 0 Å². The van der Waals surface area contributed by atoms with Gasteiger partial charge in [-0.3, -0.25) is 9.59 Å². The van der Waals surface area contributed by atoms with Crippen molar-refractivity contribution >= 4 is 46.9 Å². The van der Waals surface area contributed by atoms with Crippen LogP contribution < -0.4 is 29.4 Å². The van der Waals surface area contributed by atoms with Gasteiger partial charge in [0, 0.05) is 148 Å². The molecule has 0 saturated carbocycles. The summed E-state index contributed by atoms with van der Waals surface area (Å²) < 4.78 is 0. The number of hydrogen-bond donors (Lipinski definition) is 0. The number of piperidine rings is 8. The zero-order valence-corrected chi connectivity index (χ0v) is 97.4. The molecule has 8 aliphatic heterocycles. The van der Waals surface area contributed by atoms with E-state index in [1.165, 1.54) is 87.0 Å². The van der Waals surface area contributed by atoms with Crippen LogP contribution in [-0.2, 0) is 9.59 Å². The molecule has 9 atom stereocenters. The Morgan fingerprint density at radius 3 is 1.04 bits per heavy atom. The van der Waals surface area contributed by atoms with Gasteiger partial charge in [0.25, 0.3) is 0 Å². The Bertz CT molecular complexity index is 4410. The third kappa shape index (κ3) is 34.6. The van der Waals surface area contributed by atoms with Crippen molar-refractivity contribution in [3.8, 4) is 6.07 Å². The molecule has 5 aromatic heterocycles. The first-order valence-electron chi connectivity index (χ1n) is 55.5. The minimum atomic E-state index is 0.131. The molecular formula is C122H205N17O2. The standard InChI is InChI=1S/C17H27N.C16H24N4.2C16H26N2.2C15H25N3.C14H27NO.C13H25NO/c1-13(2)16-10-11-18(12-17(16,4)5)15-8-6-14(3)7-9-15;1-11(2)14-6-7-20(10-16(14,4)5)15-18-9-13(8-17)12(3)19-15;1-12(2)14-8-9-18(11-16(14,4)5)15-7-6-13(3)10-17-15;1-5-14-11-18(9-8-15(14)12(2)3)16-7-6-13(4)10-17-16;1-11(2)13-6-7-18(10-15(13,4)5)14-16-8-12(3)9-17-14;1-11(2)13-8-9-18(10-15(13,4)5)14-7-6-12(3)16-17-14;1-10(2)12-7-8-15(9-14(12,5)6)13(16)11(3)4;1-6-12(15)14-8-7-11(10(2)3)13(4,5)9-14/h6-9,13,16H,10-12H2,1-5H3;9,11,14H,6-7,10H2,1-5H3;6-7,10,12,14H,8-9,11H2,1-5H3;6-7,10,12,14-15H,5,8-9,11H2,1-4H3;8-9,11,13H,6-7,10H2,1-5H3;6-7,11,13H,8-10H2,1-5H3;10-12H,7-9H2,1-6H3;10-11H,6-9H2,1-5H3. The number of hydrogen-bond acceptors (Lipinski definition) is 17. The number of nitrogens with zero attached hydrogens (tertiary/aromatic N) is 17. The lowest BCUT2D eigenvalue weighted by Crippen LogP contribution is -2.50. The molecule has 14 rings (SSSR count). The van der Waals surface area contributed by atoms with Gasteiger partial charge in [-0.15, -0.1) is 5.10 Å². The van der Waals surface area contributed by atoms with E-state index in [1.54, 1.807) is 6.20 Å². The molecule has 2 amide bonds. The molecule has 0 aliphatic carbocycles. The number of aryl methyl sites for hydroxylation is 6. The van der Waals surface area contributed by atoms with Crippen molar-refractivity contribution in [1.29, 1.82) is 5.26 Å². The smallest absolute Gasteiger partial charge is 0.225 e. The average molecular weight is 1940 g/mol. The van der Waals surface area contributed by atoms with Gasteiger partial charge in [-0.2, -0.15) is 10.4 Å². The van der Waals surface area contributed by atoms with Crippen LogP contribution in [0.2, 0.25) is 0 Å². The average Bonchev–Trinajstić information content (AvgIpc) is 0.801. The van der Waals surface area contributed by atoms with Gasteiger partial charge in [-0.05, 0) is 285 Å². The largest absolute Gasteiger partial charge is 0.371 e. The molecule has 19 nitrogen and oxygen atoms in total.